The van der Waals surface area contributed by atoms with E-state index in [4.69, 9.17) is 9.47 Å². The topological polar surface area (TPSA) is 52.6 Å². The number of carbonyl (C=O) groups excluding carboxylic acids is 2. The molecule has 0 fully saturated rings. The van der Waals surface area contributed by atoms with Crippen LogP contribution in [0, 0.1) is 5.82 Å². The summed E-state index contributed by atoms with van der Waals surface area (Å²) in [5, 5.41) is 0. The summed E-state index contributed by atoms with van der Waals surface area (Å²) >= 11 is 0. The summed E-state index contributed by atoms with van der Waals surface area (Å²) in [4.78, 5) is 23.4. The number of rotatable bonds is 6. The average molecular weight is 314 g/mol. The lowest BCUT2D eigenvalue weighted by Crippen LogP contribution is -2.13. The molecular weight excluding hydrogens is 299 g/mol. The van der Waals surface area contributed by atoms with Crippen LogP contribution in [0.1, 0.15) is 15.9 Å². The van der Waals surface area contributed by atoms with E-state index in [2.05, 4.69) is 0 Å². The molecule has 2 aromatic rings. The standard InChI is InChI=1S/C18H15FO4/c1-22-14-6-4-5-13(11-14)9-10-18(21)23-12-17(20)15-7-2-3-8-16(15)19/h2-11H,12H2,1H3/b10-9+. The van der Waals surface area contributed by atoms with Crippen LogP contribution in [-0.2, 0) is 9.53 Å². The Labute approximate surface area is 133 Å². The first kappa shape index (κ1) is 16.4. The van der Waals surface area contributed by atoms with Gasteiger partial charge in [-0.15, -0.1) is 0 Å². The van der Waals surface area contributed by atoms with Crippen LogP contribution in [0.15, 0.2) is 54.6 Å². The highest BCUT2D eigenvalue weighted by atomic mass is 19.1. The van der Waals surface area contributed by atoms with Gasteiger partial charge in [-0.2, -0.15) is 0 Å². The van der Waals surface area contributed by atoms with Gasteiger partial charge in [0.2, 0.25) is 5.78 Å². The molecule has 0 amide bonds. The van der Waals surface area contributed by atoms with E-state index in [9.17, 15) is 14.0 Å². The molecule has 0 aromatic heterocycles. The molecule has 23 heavy (non-hydrogen) atoms. The van der Waals surface area contributed by atoms with Crippen LogP contribution in [0.25, 0.3) is 6.08 Å². The molecule has 0 radical (unpaired) electrons. The van der Waals surface area contributed by atoms with Gasteiger partial charge in [0, 0.05) is 6.08 Å². The molecule has 0 atom stereocenters. The number of Topliss-reactive ketones (excluding diaryl/α,β-unsaturated/α-hetero) is 1. The number of methoxy groups -OCH3 is 1. The molecular formula is C18H15FO4. The normalized spacial score (nSPS) is 10.5. The molecule has 0 aliphatic rings. The highest BCUT2D eigenvalue weighted by molar-refractivity contribution is 5.99. The van der Waals surface area contributed by atoms with E-state index in [1.165, 1.54) is 24.3 Å². The van der Waals surface area contributed by atoms with Gasteiger partial charge in [0.15, 0.2) is 6.61 Å². The molecule has 5 heteroatoms. The van der Waals surface area contributed by atoms with Crippen LogP contribution >= 0.6 is 0 Å². The molecule has 0 heterocycles. The van der Waals surface area contributed by atoms with Gasteiger partial charge >= 0.3 is 5.97 Å². The molecule has 0 aliphatic heterocycles. The predicted molar refractivity (Wildman–Crippen MR) is 83.7 cm³/mol. The fourth-order valence-corrected chi connectivity index (χ4v) is 1.86. The predicted octanol–water partition coefficient (Wildman–Crippen LogP) is 3.27. The number of halogens is 1. The number of benzene rings is 2. The summed E-state index contributed by atoms with van der Waals surface area (Å²) < 4.78 is 23.3. The van der Waals surface area contributed by atoms with E-state index in [1.54, 1.807) is 43.5 Å². The van der Waals surface area contributed by atoms with Crippen molar-refractivity contribution in [2.24, 2.45) is 0 Å². The van der Waals surface area contributed by atoms with Gasteiger partial charge in [-0.05, 0) is 35.9 Å². The van der Waals surface area contributed by atoms with Gasteiger partial charge in [-0.1, -0.05) is 24.3 Å². The Morgan fingerprint density at radius 2 is 1.91 bits per heavy atom. The molecule has 0 saturated carbocycles. The van der Waals surface area contributed by atoms with E-state index in [1.807, 2.05) is 0 Å². The number of hydrogen-bond donors (Lipinski definition) is 0. The zero-order valence-electron chi connectivity index (χ0n) is 12.5. The minimum atomic E-state index is -0.683. The molecule has 2 rings (SSSR count). The minimum absolute atomic E-state index is 0.0999. The third-order valence-corrected chi connectivity index (χ3v) is 3.03. The Balaban J connectivity index is 1.91. The molecule has 118 valence electrons. The van der Waals surface area contributed by atoms with Gasteiger partial charge in [0.05, 0.1) is 12.7 Å². The van der Waals surface area contributed by atoms with E-state index in [-0.39, 0.29) is 5.56 Å². The molecule has 0 bridgehead atoms. The Morgan fingerprint density at radius 3 is 2.65 bits per heavy atom. The number of hydrogen-bond acceptors (Lipinski definition) is 4. The van der Waals surface area contributed by atoms with Crippen molar-refractivity contribution in [2.45, 2.75) is 0 Å². The Morgan fingerprint density at radius 1 is 1.13 bits per heavy atom. The van der Waals surface area contributed by atoms with Crippen molar-refractivity contribution in [2.75, 3.05) is 13.7 Å². The summed E-state index contributed by atoms with van der Waals surface area (Å²) in [6.07, 6.45) is 2.74. The highest BCUT2D eigenvalue weighted by Crippen LogP contribution is 2.13. The van der Waals surface area contributed by atoms with Crippen LogP contribution in [-0.4, -0.2) is 25.5 Å². The number of carbonyl (C=O) groups is 2. The molecule has 0 aliphatic carbocycles. The van der Waals surface area contributed by atoms with E-state index >= 15 is 0 Å². The maximum absolute atomic E-state index is 13.4. The largest absolute Gasteiger partial charge is 0.497 e. The first-order valence-corrected chi connectivity index (χ1v) is 6.87. The van der Waals surface area contributed by atoms with Crippen molar-refractivity contribution in [3.8, 4) is 5.75 Å². The van der Waals surface area contributed by atoms with Crippen LogP contribution < -0.4 is 4.74 Å². The van der Waals surface area contributed by atoms with Crippen molar-refractivity contribution >= 4 is 17.8 Å². The summed E-state index contributed by atoms with van der Waals surface area (Å²) in [7, 11) is 1.55. The maximum atomic E-state index is 13.4. The maximum Gasteiger partial charge on any atom is 0.331 e. The number of ketones is 1. The lowest BCUT2D eigenvalue weighted by Gasteiger charge is -2.03. The monoisotopic (exact) mass is 314 g/mol. The Bertz CT molecular complexity index is 737. The van der Waals surface area contributed by atoms with Gasteiger partial charge in [0.1, 0.15) is 11.6 Å². The van der Waals surface area contributed by atoms with Gasteiger partial charge in [-0.3, -0.25) is 4.79 Å². The van der Waals surface area contributed by atoms with Crippen LogP contribution in [0.2, 0.25) is 0 Å². The zero-order valence-corrected chi connectivity index (χ0v) is 12.5. The van der Waals surface area contributed by atoms with Crippen LogP contribution in [0.4, 0.5) is 4.39 Å². The van der Waals surface area contributed by atoms with Crippen molar-refractivity contribution in [1.29, 1.82) is 0 Å². The van der Waals surface area contributed by atoms with Gasteiger partial charge in [-0.25, -0.2) is 9.18 Å². The fraction of sp³-hybridized carbons (Fsp3) is 0.111. The summed E-state index contributed by atoms with van der Waals surface area (Å²) in [5.41, 5.74) is 0.652. The second-order valence-corrected chi connectivity index (χ2v) is 4.62. The average Bonchev–Trinajstić information content (AvgIpc) is 2.58. The lowest BCUT2D eigenvalue weighted by molar-refractivity contribution is -0.136. The first-order chi connectivity index (χ1) is 11.1. The Hall–Kier alpha value is -2.95. The zero-order chi connectivity index (χ0) is 16.7. The molecule has 4 nitrogen and oxygen atoms in total. The minimum Gasteiger partial charge on any atom is -0.497 e. The molecule has 0 unspecified atom stereocenters. The van der Waals surface area contributed by atoms with Crippen molar-refractivity contribution < 1.29 is 23.5 Å². The van der Waals surface area contributed by atoms with Crippen molar-refractivity contribution in [3.63, 3.8) is 0 Å². The van der Waals surface area contributed by atoms with Crippen LogP contribution in [0.3, 0.4) is 0 Å². The van der Waals surface area contributed by atoms with Gasteiger partial charge in [0.25, 0.3) is 0 Å². The Kier molecular flexibility index (Phi) is 5.63. The second kappa shape index (κ2) is 7.89. The molecule has 0 spiro atoms. The molecule has 0 N–H and O–H groups in total. The quantitative estimate of drug-likeness (QED) is 0.466. The van der Waals surface area contributed by atoms with E-state index < -0.39 is 24.2 Å². The van der Waals surface area contributed by atoms with E-state index in [0.717, 1.165) is 5.56 Å². The van der Waals surface area contributed by atoms with Crippen molar-refractivity contribution in [3.05, 3.63) is 71.6 Å². The number of ether oxygens (including phenoxy) is 2. The molecule has 2 aromatic carbocycles. The fourth-order valence-electron chi connectivity index (χ4n) is 1.86. The summed E-state index contributed by atoms with van der Waals surface area (Å²) in [5.74, 6) is -1.25. The lowest BCUT2D eigenvalue weighted by atomic mass is 10.1. The molecule has 0 saturated heterocycles. The summed E-state index contributed by atoms with van der Waals surface area (Å²) in [6, 6.07) is 12.6. The van der Waals surface area contributed by atoms with Crippen molar-refractivity contribution in [1.82, 2.24) is 0 Å². The van der Waals surface area contributed by atoms with Crippen LogP contribution in [0.5, 0.6) is 5.75 Å². The third-order valence-electron chi connectivity index (χ3n) is 3.03. The van der Waals surface area contributed by atoms with E-state index in [0.29, 0.717) is 5.75 Å². The SMILES string of the molecule is COc1cccc(/C=C/C(=O)OCC(=O)c2ccccc2F)c1. The van der Waals surface area contributed by atoms with Gasteiger partial charge < -0.3 is 9.47 Å². The smallest absolute Gasteiger partial charge is 0.331 e. The second-order valence-electron chi connectivity index (χ2n) is 4.62. The highest BCUT2D eigenvalue weighted by Gasteiger charge is 2.12. The summed E-state index contributed by atoms with van der Waals surface area (Å²) in [6.45, 7) is -0.512. The number of esters is 1. The third kappa shape index (κ3) is 4.78. The first-order valence-electron chi connectivity index (χ1n) is 6.87.